The first-order valence-electron chi connectivity index (χ1n) is 12.5. The molecule has 1 unspecified atom stereocenters. The van der Waals surface area contributed by atoms with Crippen molar-refractivity contribution in [2.45, 2.75) is 46.1 Å². The standard InChI is InChI=1S/C27H34N4O2S2/c1-19-12-20(2)14-22(13-19)28-26(34)29-8-5-27(6-9-29)7-10-30(18-27)25(33)21-15-24(32)31(16-21)17-23-4-3-11-35-23/h3-4,11-14,21H,5-10,15-18H2,1-2H3,(H,28,34). The van der Waals surface area contributed by atoms with Crippen molar-refractivity contribution in [3.63, 3.8) is 0 Å². The Morgan fingerprint density at radius 3 is 2.46 bits per heavy atom. The van der Waals surface area contributed by atoms with Gasteiger partial charge in [0, 0.05) is 49.7 Å². The van der Waals surface area contributed by atoms with Crippen LogP contribution in [0.2, 0.25) is 0 Å². The molecule has 4 heterocycles. The molecule has 2 aromatic rings. The molecule has 0 radical (unpaired) electrons. The van der Waals surface area contributed by atoms with E-state index in [1.807, 2.05) is 27.3 Å². The van der Waals surface area contributed by atoms with Gasteiger partial charge in [0.05, 0.1) is 12.5 Å². The van der Waals surface area contributed by atoms with Crippen molar-refractivity contribution in [2.75, 3.05) is 38.0 Å². The number of likely N-dealkylation sites (tertiary alicyclic amines) is 3. The van der Waals surface area contributed by atoms with Crippen LogP contribution < -0.4 is 5.32 Å². The summed E-state index contributed by atoms with van der Waals surface area (Å²) < 4.78 is 0. The van der Waals surface area contributed by atoms with E-state index in [1.165, 1.54) is 16.0 Å². The lowest BCUT2D eigenvalue weighted by Gasteiger charge is -2.40. The van der Waals surface area contributed by atoms with Gasteiger partial charge in [0.2, 0.25) is 11.8 Å². The zero-order chi connectivity index (χ0) is 24.6. The molecule has 3 saturated heterocycles. The summed E-state index contributed by atoms with van der Waals surface area (Å²) in [6.07, 6.45) is 3.47. The lowest BCUT2D eigenvalue weighted by atomic mass is 9.78. The maximum absolute atomic E-state index is 13.3. The van der Waals surface area contributed by atoms with Gasteiger partial charge in [-0.3, -0.25) is 9.59 Å². The van der Waals surface area contributed by atoms with Gasteiger partial charge in [-0.15, -0.1) is 11.3 Å². The number of hydrogen-bond acceptors (Lipinski definition) is 4. The highest BCUT2D eigenvalue weighted by molar-refractivity contribution is 7.80. The first-order valence-corrected chi connectivity index (χ1v) is 13.8. The number of carbonyl (C=O) groups excluding carboxylic acids is 2. The summed E-state index contributed by atoms with van der Waals surface area (Å²) in [6.45, 7) is 8.81. The lowest BCUT2D eigenvalue weighted by molar-refractivity contribution is -0.135. The number of amides is 2. The number of thiocarbonyl (C=S) groups is 1. The van der Waals surface area contributed by atoms with Crippen LogP contribution in [-0.2, 0) is 16.1 Å². The highest BCUT2D eigenvalue weighted by Crippen LogP contribution is 2.41. The topological polar surface area (TPSA) is 55.9 Å². The Bertz CT molecular complexity index is 1090. The minimum atomic E-state index is -0.202. The number of nitrogens with zero attached hydrogens (tertiary/aromatic N) is 3. The summed E-state index contributed by atoms with van der Waals surface area (Å²) in [5, 5.41) is 6.23. The predicted molar refractivity (Wildman–Crippen MR) is 144 cm³/mol. The SMILES string of the molecule is Cc1cc(C)cc(NC(=S)N2CCC3(CCN(C(=O)C4CC(=O)N(Cc5cccs5)C4)C3)CC2)c1. The summed E-state index contributed by atoms with van der Waals surface area (Å²) in [5.74, 6) is 0.0642. The van der Waals surface area contributed by atoms with Crippen molar-refractivity contribution in [3.05, 3.63) is 51.7 Å². The van der Waals surface area contributed by atoms with E-state index >= 15 is 0 Å². The number of anilines is 1. The zero-order valence-electron chi connectivity index (χ0n) is 20.6. The molecule has 186 valence electrons. The Kier molecular flexibility index (Phi) is 6.86. The summed E-state index contributed by atoms with van der Waals surface area (Å²) in [4.78, 5) is 33.2. The van der Waals surface area contributed by atoms with E-state index in [0.717, 1.165) is 56.2 Å². The highest BCUT2D eigenvalue weighted by atomic mass is 32.1. The Morgan fingerprint density at radius 1 is 1.11 bits per heavy atom. The molecule has 6 nitrogen and oxygen atoms in total. The molecule has 1 aromatic heterocycles. The van der Waals surface area contributed by atoms with Gasteiger partial charge in [0.25, 0.3) is 0 Å². The second-order valence-electron chi connectivity index (χ2n) is 10.6. The Balaban J connectivity index is 1.12. The van der Waals surface area contributed by atoms with Crippen LogP contribution in [0.4, 0.5) is 5.69 Å². The van der Waals surface area contributed by atoms with Crippen molar-refractivity contribution in [1.29, 1.82) is 0 Å². The van der Waals surface area contributed by atoms with Crippen molar-refractivity contribution in [2.24, 2.45) is 11.3 Å². The van der Waals surface area contributed by atoms with E-state index in [0.29, 0.717) is 19.5 Å². The second kappa shape index (κ2) is 9.90. The van der Waals surface area contributed by atoms with E-state index in [9.17, 15) is 9.59 Å². The van der Waals surface area contributed by atoms with Gasteiger partial charge in [-0.2, -0.15) is 0 Å². The molecule has 0 saturated carbocycles. The number of nitrogens with one attached hydrogen (secondary N) is 1. The normalized spacial score (nSPS) is 21.7. The third kappa shape index (κ3) is 5.38. The Hall–Kier alpha value is -2.45. The minimum Gasteiger partial charge on any atom is -0.349 e. The van der Waals surface area contributed by atoms with E-state index < -0.39 is 0 Å². The summed E-state index contributed by atoms with van der Waals surface area (Å²) in [6, 6.07) is 10.5. The van der Waals surface area contributed by atoms with Gasteiger partial charge in [-0.25, -0.2) is 0 Å². The van der Waals surface area contributed by atoms with Gasteiger partial charge in [0.15, 0.2) is 5.11 Å². The fraction of sp³-hybridized carbons (Fsp3) is 0.519. The third-order valence-electron chi connectivity index (χ3n) is 7.82. The van der Waals surface area contributed by atoms with Crippen molar-refractivity contribution >= 4 is 46.2 Å². The molecular formula is C27H34N4O2S2. The van der Waals surface area contributed by atoms with Crippen LogP contribution in [0.3, 0.4) is 0 Å². The van der Waals surface area contributed by atoms with Crippen LogP contribution in [0.1, 0.15) is 41.7 Å². The number of benzene rings is 1. The monoisotopic (exact) mass is 510 g/mol. The van der Waals surface area contributed by atoms with E-state index in [2.05, 4.69) is 42.3 Å². The molecule has 1 atom stereocenters. The van der Waals surface area contributed by atoms with Gasteiger partial charge in [0.1, 0.15) is 0 Å². The number of carbonyl (C=O) groups is 2. The fourth-order valence-electron chi connectivity index (χ4n) is 5.90. The predicted octanol–water partition coefficient (Wildman–Crippen LogP) is 4.42. The molecule has 1 spiro atoms. The Labute approximate surface area is 217 Å². The van der Waals surface area contributed by atoms with Gasteiger partial charge >= 0.3 is 0 Å². The summed E-state index contributed by atoms with van der Waals surface area (Å²) >= 11 is 7.38. The molecule has 3 aliphatic heterocycles. The van der Waals surface area contributed by atoms with Crippen LogP contribution in [0, 0.1) is 25.2 Å². The van der Waals surface area contributed by atoms with Crippen LogP contribution in [0.5, 0.6) is 0 Å². The maximum Gasteiger partial charge on any atom is 0.228 e. The fourth-order valence-corrected chi connectivity index (χ4v) is 6.92. The Morgan fingerprint density at radius 2 is 1.80 bits per heavy atom. The van der Waals surface area contributed by atoms with Crippen LogP contribution in [0.15, 0.2) is 35.7 Å². The number of piperidine rings is 1. The zero-order valence-corrected chi connectivity index (χ0v) is 22.2. The van der Waals surface area contributed by atoms with Gasteiger partial charge in [-0.05, 0) is 85.4 Å². The average Bonchev–Trinajstić information content (AvgIpc) is 3.55. The number of aryl methyl sites for hydroxylation is 2. The van der Waals surface area contributed by atoms with E-state index in [1.54, 1.807) is 11.3 Å². The smallest absolute Gasteiger partial charge is 0.228 e. The minimum absolute atomic E-state index is 0.101. The van der Waals surface area contributed by atoms with E-state index in [-0.39, 0.29) is 23.1 Å². The number of hydrogen-bond donors (Lipinski definition) is 1. The van der Waals surface area contributed by atoms with Gasteiger partial charge in [-0.1, -0.05) is 12.1 Å². The highest BCUT2D eigenvalue weighted by Gasteiger charge is 2.45. The summed E-state index contributed by atoms with van der Waals surface area (Å²) in [7, 11) is 0. The molecule has 1 N–H and O–H groups in total. The molecular weight excluding hydrogens is 476 g/mol. The van der Waals surface area contributed by atoms with Crippen molar-refractivity contribution < 1.29 is 9.59 Å². The third-order valence-corrected chi connectivity index (χ3v) is 9.05. The first kappa shape index (κ1) is 24.3. The second-order valence-corrected chi connectivity index (χ2v) is 12.0. The van der Waals surface area contributed by atoms with Crippen molar-refractivity contribution in [1.82, 2.24) is 14.7 Å². The average molecular weight is 511 g/mol. The molecule has 3 aliphatic rings. The first-order chi connectivity index (χ1) is 16.8. The van der Waals surface area contributed by atoms with Crippen molar-refractivity contribution in [3.8, 4) is 0 Å². The molecule has 2 amide bonds. The van der Waals surface area contributed by atoms with Crippen LogP contribution in [0.25, 0.3) is 0 Å². The molecule has 0 bridgehead atoms. The largest absolute Gasteiger partial charge is 0.349 e. The van der Waals surface area contributed by atoms with Crippen LogP contribution >= 0.6 is 23.6 Å². The van der Waals surface area contributed by atoms with Crippen LogP contribution in [-0.4, -0.2) is 64.4 Å². The van der Waals surface area contributed by atoms with Gasteiger partial charge < -0.3 is 20.0 Å². The van der Waals surface area contributed by atoms with E-state index in [4.69, 9.17) is 12.2 Å². The quantitative estimate of drug-likeness (QED) is 0.617. The molecule has 1 aromatic carbocycles. The maximum atomic E-state index is 13.3. The molecule has 8 heteroatoms. The molecule has 0 aliphatic carbocycles. The number of thiophene rings is 1. The molecule has 5 rings (SSSR count). The summed E-state index contributed by atoms with van der Waals surface area (Å²) in [5.41, 5.74) is 3.68. The molecule has 35 heavy (non-hydrogen) atoms. The lowest BCUT2D eigenvalue weighted by Crippen LogP contribution is -2.46. The number of rotatable bonds is 4. The molecule has 3 fully saturated rings.